The lowest BCUT2D eigenvalue weighted by molar-refractivity contribution is -0.143. The number of aliphatic hydroxyl groups excluding tert-OH is 2. The zero-order valence-corrected chi connectivity index (χ0v) is 48.0. The van der Waals surface area contributed by atoms with Gasteiger partial charge in [0.15, 0.2) is 0 Å². The fourth-order valence-electron chi connectivity index (χ4n) is 10.1. The predicted molar refractivity (Wildman–Crippen MR) is 310 cm³/mol. The van der Waals surface area contributed by atoms with E-state index < -0.39 is 12.1 Å². The second-order valence-electron chi connectivity index (χ2n) is 22.1. The molecule has 0 fully saturated rings. The van der Waals surface area contributed by atoms with E-state index in [2.05, 4.69) is 43.5 Å². The number of rotatable bonds is 60. The van der Waals surface area contributed by atoms with Gasteiger partial charge in [0, 0.05) is 12.8 Å². The molecule has 0 aliphatic rings. The molecule has 2 unspecified atom stereocenters. The van der Waals surface area contributed by atoms with Gasteiger partial charge >= 0.3 is 5.97 Å². The molecule has 6 nitrogen and oxygen atoms in total. The number of carbonyl (C=O) groups excluding carboxylic acids is 2. The lowest BCUT2D eigenvalue weighted by atomic mass is 10.0. The van der Waals surface area contributed by atoms with Crippen LogP contribution in [-0.2, 0) is 14.3 Å². The molecule has 420 valence electrons. The van der Waals surface area contributed by atoms with Crippen LogP contribution >= 0.6 is 0 Å². The minimum Gasteiger partial charge on any atom is -0.466 e. The van der Waals surface area contributed by atoms with Crippen LogP contribution in [0.5, 0.6) is 0 Å². The Morgan fingerprint density at radius 1 is 0.394 bits per heavy atom. The Balaban J connectivity index is 3.36. The first kappa shape index (κ1) is 69.3. The lowest BCUT2D eigenvalue weighted by Gasteiger charge is -2.22. The lowest BCUT2D eigenvalue weighted by Crippen LogP contribution is -2.45. The van der Waals surface area contributed by atoms with Gasteiger partial charge in [0.1, 0.15) is 0 Å². The number of esters is 1. The van der Waals surface area contributed by atoms with Crippen LogP contribution < -0.4 is 5.32 Å². The smallest absolute Gasteiger partial charge is 0.305 e. The maximum Gasteiger partial charge on any atom is 0.305 e. The van der Waals surface area contributed by atoms with Crippen LogP contribution in [0.4, 0.5) is 0 Å². The van der Waals surface area contributed by atoms with E-state index in [1.54, 1.807) is 0 Å². The van der Waals surface area contributed by atoms with Crippen molar-refractivity contribution in [3.63, 3.8) is 0 Å². The van der Waals surface area contributed by atoms with Gasteiger partial charge in [0.2, 0.25) is 5.91 Å². The van der Waals surface area contributed by atoms with Crippen molar-refractivity contribution in [2.45, 2.75) is 366 Å². The standard InChI is InChI=1S/C65H125NO5/c1-3-5-7-9-11-13-15-17-19-20-28-31-35-39-43-47-51-55-59-65(70)71-60-56-52-48-44-40-36-32-29-26-24-22-21-23-25-27-30-34-38-42-46-50-54-58-64(69)66-62(61-67)63(68)57-53-49-45-41-37-33-18-16-14-12-10-8-6-4-2/h13,15,19-20,62-63,67-68H,3-12,14,16-18,21-61H2,1-2H3,(H,66,69)/b15-13-,20-19-. The highest BCUT2D eigenvalue weighted by Gasteiger charge is 2.20. The third-order valence-electron chi connectivity index (χ3n) is 15.0. The number of hydrogen-bond donors (Lipinski definition) is 3. The highest BCUT2D eigenvalue weighted by atomic mass is 16.5. The molecular weight excluding hydrogens is 875 g/mol. The molecule has 0 radical (unpaired) electrons. The zero-order valence-electron chi connectivity index (χ0n) is 48.0. The molecule has 0 heterocycles. The van der Waals surface area contributed by atoms with Crippen molar-refractivity contribution in [1.29, 1.82) is 0 Å². The third-order valence-corrected chi connectivity index (χ3v) is 15.0. The van der Waals surface area contributed by atoms with Crippen LogP contribution in [-0.4, -0.2) is 47.4 Å². The van der Waals surface area contributed by atoms with Gasteiger partial charge < -0.3 is 20.3 Å². The topological polar surface area (TPSA) is 95.9 Å². The molecule has 0 aromatic rings. The number of carbonyl (C=O) groups is 2. The monoisotopic (exact) mass is 1000 g/mol. The molecule has 1 amide bonds. The number of unbranched alkanes of at least 4 members (excludes halogenated alkanes) is 45. The summed E-state index contributed by atoms with van der Waals surface area (Å²) in [6, 6.07) is -0.541. The molecule has 0 saturated carbocycles. The van der Waals surface area contributed by atoms with Crippen molar-refractivity contribution >= 4 is 11.9 Å². The van der Waals surface area contributed by atoms with Gasteiger partial charge in [-0.1, -0.05) is 308 Å². The van der Waals surface area contributed by atoms with Crippen LogP contribution in [0.25, 0.3) is 0 Å². The van der Waals surface area contributed by atoms with Gasteiger partial charge in [-0.3, -0.25) is 9.59 Å². The molecule has 0 saturated heterocycles. The first-order valence-electron chi connectivity index (χ1n) is 32.1. The van der Waals surface area contributed by atoms with Gasteiger partial charge in [-0.05, 0) is 57.8 Å². The largest absolute Gasteiger partial charge is 0.466 e. The summed E-state index contributed by atoms with van der Waals surface area (Å²) in [5, 5.41) is 23.3. The van der Waals surface area contributed by atoms with Crippen LogP contribution in [0, 0.1) is 0 Å². The second kappa shape index (κ2) is 60.9. The minimum atomic E-state index is -0.664. The van der Waals surface area contributed by atoms with Crippen LogP contribution in [0.2, 0.25) is 0 Å². The molecule has 2 atom stereocenters. The van der Waals surface area contributed by atoms with Crippen molar-refractivity contribution in [1.82, 2.24) is 5.32 Å². The maximum absolute atomic E-state index is 12.5. The van der Waals surface area contributed by atoms with E-state index in [1.165, 1.54) is 270 Å². The highest BCUT2D eigenvalue weighted by molar-refractivity contribution is 5.76. The van der Waals surface area contributed by atoms with Crippen LogP contribution in [0.1, 0.15) is 354 Å². The normalized spacial score (nSPS) is 12.7. The Morgan fingerprint density at radius 2 is 0.704 bits per heavy atom. The van der Waals surface area contributed by atoms with Crippen LogP contribution in [0.15, 0.2) is 24.3 Å². The van der Waals surface area contributed by atoms with Gasteiger partial charge in [-0.15, -0.1) is 0 Å². The minimum absolute atomic E-state index is 0.00647. The van der Waals surface area contributed by atoms with Gasteiger partial charge in [-0.25, -0.2) is 0 Å². The first-order valence-corrected chi connectivity index (χ1v) is 32.1. The molecule has 0 aromatic heterocycles. The Kier molecular flexibility index (Phi) is 59.5. The fraction of sp³-hybridized carbons (Fsp3) is 0.908. The van der Waals surface area contributed by atoms with E-state index in [9.17, 15) is 19.8 Å². The molecule has 3 N–H and O–H groups in total. The number of nitrogens with one attached hydrogen (secondary N) is 1. The Labute approximate surface area is 443 Å². The molecule has 0 rings (SSSR count). The first-order chi connectivity index (χ1) is 35.0. The summed E-state index contributed by atoms with van der Waals surface area (Å²) < 4.78 is 5.50. The number of aliphatic hydroxyl groups is 2. The molecule has 0 aromatic carbocycles. The fourth-order valence-corrected chi connectivity index (χ4v) is 10.1. The number of allylic oxidation sites excluding steroid dienone is 4. The summed E-state index contributed by atoms with van der Waals surface area (Å²) in [5.74, 6) is -0.0270. The summed E-state index contributed by atoms with van der Waals surface area (Å²) >= 11 is 0. The average Bonchev–Trinajstić information content (AvgIpc) is 3.37. The van der Waals surface area contributed by atoms with Crippen molar-refractivity contribution in [3.8, 4) is 0 Å². The van der Waals surface area contributed by atoms with Crippen LogP contribution in [0.3, 0.4) is 0 Å². The molecule has 71 heavy (non-hydrogen) atoms. The summed E-state index contributed by atoms with van der Waals surface area (Å²) in [5.41, 5.74) is 0. The quantitative estimate of drug-likeness (QED) is 0.0320. The zero-order chi connectivity index (χ0) is 51.4. The Bertz CT molecular complexity index is 1110. The van der Waals surface area contributed by atoms with Crippen molar-refractivity contribution in [2.75, 3.05) is 13.2 Å². The maximum atomic E-state index is 12.5. The van der Waals surface area contributed by atoms with Gasteiger partial charge in [-0.2, -0.15) is 0 Å². The van der Waals surface area contributed by atoms with E-state index in [-0.39, 0.29) is 18.5 Å². The molecule has 0 spiro atoms. The number of amides is 1. The van der Waals surface area contributed by atoms with E-state index in [4.69, 9.17) is 4.74 Å². The molecule has 0 aliphatic carbocycles. The Morgan fingerprint density at radius 3 is 1.08 bits per heavy atom. The molecule has 0 bridgehead atoms. The second-order valence-corrected chi connectivity index (χ2v) is 22.1. The van der Waals surface area contributed by atoms with E-state index in [0.717, 1.165) is 51.4 Å². The van der Waals surface area contributed by atoms with Crippen molar-refractivity contribution in [3.05, 3.63) is 24.3 Å². The molecule has 0 aliphatic heterocycles. The molecular formula is C65H125NO5. The number of ether oxygens (including phenoxy) is 1. The Hall–Kier alpha value is -1.66. The summed E-state index contributed by atoms with van der Waals surface area (Å²) in [4.78, 5) is 24.6. The van der Waals surface area contributed by atoms with E-state index in [1.807, 2.05) is 0 Å². The predicted octanol–water partition coefficient (Wildman–Crippen LogP) is 20.2. The van der Waals surface area contributed by atoms with E-state index >= 15 is 0 Å². The highest BCUT2D eigenvalue weighted by Crippen LogP contribution is 2.18. The van der Waals surface area contributed by atoms with E-state index in [0.29, 0.717) is 25.9 Å². The SMILES string of the molecule is CCCCCC/C=C\C/C=C\CCCCCCCCCC(=O)OCCCCCCCCCCCCCCCCCCCCCCCCC(=O)NC(CO)C(O)CCCCCCCCCCCCCCCC. The van der Waals surface area contributed by atoms with Gasteiger partial charge in [0.25, 0.3) is 0 Å². The van der Waals surface area contributed by atoms with Gasteiger partial charge in [0.05, 0.1) is 25.4 Å². The number of hydrogen-bond acceptors (Lipinski definition) is 5. The van der Waals surface area contributed by atoms with Crippen molar-refractivity contribution in [2.24, 2.45) is 0 Å². The summed E-state index contributed by atoms with van der Waals surface area (Å²) in [6.07, 6.45) is 74.8. The third kappa shape index (κ3) is 57.5. The summed E-state index contributed by atoms with van der Waals surface area (Å²) in [7, 11) is 0. The summed E-state index contributed by atoms with van der Waals surface area (Å²) in [6.45, 7) is 4.95. The average molecular weight is 1000 g/mol. The molecule has 6 heteroatoms. The van der Waals surface area contributed by atoms with Crippen molar-refractivity contribution < 1.29 is 24.5 Å².